The van der Waals surface area contributed by atoms with Gasteiger partial charge in [0.25, 0.3) is 5.91 Å². The van der Waals surface area contributed by atoms with E-state index in [-0.39, 0.29) is 11.9 Å². The van der Waals surface area contributed by atoms with Crippen LogP contribution in [0.25, 0.3) is 11.1 Å². The number of oxazole rings is 1. The minimum atomic E-state index is -0.292. The maximum Gasteiger partial charge on any atom is 0.258 e. The first-order valence-corrected chi connectivity index (χ1v) is 5.24. The second-order valence-corrected chi connectivity index (χ2v) is 3.56. The zero-order chi connectivity index (χ0) is 12.4. The van der Waals surface area contributed by atoms with Crippen molar-refractivity contribution >= 4 is 23.0 Å². The lowest BCUT2D eigenvalue weighted by molar-refractivity contribution is 0.102. The molecule has 1 N–H and O–H groups in total. The molecule has 0 spiro atoms. The van der Waals surface area contributed by atoms with E-state index in [0.29, 0.717) is 16.7 Å². The van der Waals surface area contributed by atoms with Gasteiger partial charge in [-0.25, -0.2) is 15.0 Å². The molecule has 88 valence electrons. The molecular formula is C12H8N4O2. The number of hydrogen-bond donors (Lipinski definition) is 1. The van der Waals surface area contributed by atoms with Crippen LogP contribution in [0.1, 0.15) is 10.4 Å². The largest absolute Gasteiger partial charge is 0.443 e. The van der Waals surface area contributed by atoms with Crippen LogP contribution < -0.4 is 5.32 Å². The molecule has 0 fully saturated rings. The molecule has 0 atom stereocenters. The fraction of sp³-hybridized carbons (Fsp3) is 0. The molecule has 2 heterocycles. The molecule has 0 bridgehead atoms. The summed E-state index contributed by atoms with van der Waals surface area (Å²) in [7, 11) is 0. The van der Waals surface area contributed by atoms with Crippen molar-refractivity contribution in [1.82, 2.24) is 15.0 Å². The van der Waals surface area contributed by atoms with Crippen molar-refractivity contribution in [3.8, 4) is 0 Å². The molecule has 3 aromatic rings. The molecule has 18 heavy (non-hydrogen) atoms. The number of carbonyl (C=O) groups is 1. The lowest BCUT2D eigenvalue weighted by Crippen LogP contribution is -2.13. The molecule has 0 unspecified atom stereocenters. The van der Waals surface area contributed by atoms with Gasteiger partial charge in [-0.3, -0.25) is 10.1 Å². The fourth-order valence-electron chi connectivity index (χ4n) is 1.53. The Morgan fingerprint density at radius 3 is 2.83 bits per heavy atom. The van der Waals surface area contributed by atoms with Crippen LogP contribution in [0, 0.1) is 0 Å². The minimum absolute atomic E-state index is 0.264. The summed E-state index contributed by atoms with van der Waals surface area (Å²) in [5, 5.41) is 2.59. The van der Waals surface area contributed by atoms with E-state index in [4.69, 9.17) is 4.42 Å². The summed E-state index contributed by atoms with van der Waals surface area (Å²) in [6.45, 7) is 0. The van der Waals surface area contributed by atoms with Crippen LogP contribution in [0.4, 0.5) is 5.95 Å². The van der Waals surface area contributed by atoms with Crippen LogP contribution in [0.5, 0.6) is 0 Å². The third kappa shape index (κ3) is 1.91. The topological polar surface area (TPSA) is 80.9 Å². The van der Waals surface area contributed by atoms with Gasteiger partial charge in [0.05, 0.1) is 0 Å². The normalized spacial score (nSPS) is 10.4. The van der Waals surface area contributed by atoms with Crippen LogP contribution in [-0.4, -0.2) is 20.9 Å². The number of anilines is 1. The first kappa shape index (κ1) is 10.4. The zero-order valence-corrected chi connectivity index (χ0v) is 9.20. The Bertz CT molecular complexity index is 693. The van der Waals surface area contributed by atoms with Gasteiger partial charge in [0.2, 0.25) is 5.95 Å². The van der Waals surface area contributed by atoms with E-state index >= 15 is 0 Å². The van der Waals surface area contributed by atoms with Crippen LogP contribution >= 0.6 is 0 Å². The average molecular weight is 240 g/mol. The van der Waals surface area contributed by atoms with Crippen molar-refractivity contribution in [2.75, 3.05) is 5.32 Å². The Balaban J connectivity index is 1.87. The van der Waals surface area contributed by atoms with Gasteiger partial charge < -0.3 is 4.42 Å². The Labute approximate surface area is 102 Å². The molecule has 0 aliphatic rings. The smallest absolute Gasteiger partial charge is 0.258 e. The summed E-state index contributed by atoms with van der Waals surface area (Å²) in [4.78, 5) is 23.7. The van der Waals surface area contributed by atoms with Crippen molar-refractivity contribution in [3.05, 3.63) is 48.6 Å². The molecule has 0 saturated heterocycles. The lowest BCUT2D eigenvalue weighted by Gasteiger charge is -2.02. The number of hydrogen-bond acceptors (Lipinski definition) is 5. The molecule has 0 aliphatic carbocycles. The van der Waals surface area contributed by atoms with Gasteiger partial charge in [0.15, 0.2) is 12.0 Å². The Morgan fingerprint density at radius 1 is 1.17 bits per heavy atom. The van der Waals surface area contributed by atoms with Gasteiger partial charge in [-0.05, 0) is 24.3 Å². The van der Waals surface area contributed by atoms with E-state index in [9.17, 15) is 4.79 Å². The number of nitrogens with zero attached hydrogens (tertiary/aromatic N) is 3. The van der Waals surface area contributed by atoms with Crippen LogP contribution in [0.3, 0.4) is 0 Å². The number of fused-ring (bicyclic) bond motifs is 1. The summed E-state index contributed by atoms with van der Waals surface area (Å²) < 4.78 is 5.14. The molecule has 0 saturated carbocycles. The molecular weight excluding hydrogens is 232 g/mol. The number of rotatable bonds is 2. The third-order valence-electron chi connectivity index (χ3n) is 2.38. The molecule has 1 amide bonds. The molecule has 6 nitrogen and oxygen atoms in total. The zero-order valence-electron chi connectivity index (χ0n) is 9.20. The summed E-state index contributed by atoms with van der Waals surface area (Å²) >= 11 is 0. The standard InChI is InChI=1S/C12H8N4O2/c17-11(16-12-13-4-1-5-14-12)8-2-3-9-10(6-8)18-7-15-9/h1-7H,(H,13,14,16,17). The Morgan fingerprint density at radius 2 is 2.00 bits per heavy atom. The second-order valence-electron chi connectivity index (χ2n) is 3.56. The van der Waals surface area contributed by atoms with E-state index < -0.39 is 0 Å². The number of nitrogens with one attached hydrogen (secondary N) is 1. The highest BCUT2D eigenvalue weighted by Gasteiger charge is 2.09. The predicted molar refractivity (Wildman–Crippen MR) is 64.0 cm³/mol. The number of carbonyl (C=O) groups excluding carboxylic acids is 1. The molecule has 0 radical (unpaired) electrons. The highest BCUT2D eigenvalue weighted by molar-refractivity contribution is 6.04. The van der Waals surface area contributed by atoms with E-state index in [0.717, 1.165) is 0 Å². The van der Waals surface area contributed by atoms with Crippen molar-refractivity contribution in [2.24, 2.45) is 0 Å². The molecule has 2 aromatic heterocycles. The summed E-state index contributed by atoms with van der Waals surface area (Å²) in [5.41, 5.74) is 1.74. The highest BCUT2D eigenvalue weighted by atomic mass is 16.3. The van der Waals surface area contributed by atoms with Crippen molar-refractivity contribution < 1.29 is 9.21 Å². The SMILES string of the molecule is O=C(Nc1ncccn1)c1ccc2ncoc2c1. The number of benzene rings is 1. The predicted octanol–water partition coefficient (Wildman–Crippen LogP) is 1.87. The maximum absolute atomic E-state index is 11.9. The van der Waals surface area contributed by atoms with Crippen LogP contribution in [-0.2, 0) is 0 Å². The van der Waals surface area contributed by atoms with Gasteiger partial charge in [-0.1, -0.05) is 0 Å². The van der Waals surface area contributed by atoms with E-state index in [2.05, 4.69) is 20.3 Å². The number of aromatic nitrogens is 3. The van der Waals surface area contributed by atoms with Crippen LogP contribution in [0.2, 0.25) is 0 Å². The van der Waals surface area contributed by atoms with Crippen molar-refractivity contribution in [1.29, 1.82) is 0 Å². The average Bonchev–Trinajstić information content (AvgIpc) is 2.87. The Kier molecular flexibility index (Phi) is 2.45. The summed E-state index contributed by atoms with van der Waals surface area (Å²) in [6.07, 6.45) is 4.46. The van der Waals surface area contributed by atoms with Gasteiger partial charge in [-0.2, -0.15) is 0 Å². The molecule has 6 heteroatoms. The van der Waals surface area contributed by atoms with Crippen molar-refractivity contribution in [3.63, 3.8) is 0 Å². The second kappa shape index (κ2) is 4.25. The third-order valence-corrected chi connectivity index (χ3v) is 2.38. The van der Waals surface area contributed by atoms with E-state index in [1.807, 2.05) is 0 Å². The number of amides is 1. The molecule has 0 aliphatic heterocycles. The van der Waals surface area contributed by atoms with E-state index in [1.165, 1.54) is 6.39 Å². The van der Waals surface area contributed by atoms with Gasteiger partial charge >= 0.3 is 0 Å². The fourth-order valence-corrected chi connectivity index (χ4v) is 1.53. The minimum Gasteiger partial charge on any atom is -0.443 e. The van der Waals surface area contributed by atoms with Gasteiger partial charge in [0.1, 0.15) is 5.52 Å². The Hall–Kier alpha value is -2.76. The monoisotopic (exact) mass is 240 g/mol. The quantitative estimate of drug-likeness (QED) is 0.739. The maximum atomic E-state index is 11.9. The van der Waals surface area contributed by atoms with Gasteiger partial charge in [0, 0.05) is 18.0 Å². The molecule has 3 rings (SSSR count). The van der Waals surface area contributed by atoms with E-state index in [1.54, 1.807) is 36.7 Å². The molecule has 1 aromatic carbocycles. The van der Waals surface area contributed by atoms with Crippen molar-refractivity contribution in [2.45, 2.75) is 0 Å². The highest BCUT2D eigenvalue weighted by Crippen LogP contribution is 2.14. The summed E-state index contributed by atoms with van der Waals surface area (Å²) in [6, 6.07) is 6.69. The first-order valence-electron chi connectivity index (χ1n) is 5.24. The van der Waals surface area contributed by atoms with Crippen LogP contribution in [0.15, 0.2) is 47.5 Å². The first-order chi connectivity index (χ1) is 8.83. The summed E-state index contributed by atoms with van der Waals surface area (Å²) in [5.74, 6) is -0.0281. The lowest BCUT2D eigenvalue weighted by atomic mass is 10.2. The van der Waals surface area contributed by atoms with Gasteiger partial charge in [-0.15, -0.1) is 0 Å².